The quantitative estimate of drug-likeness (QED) is 0.133. The minimum Gasteiger partial charge on any atom is -0.493 e. The van der Waals surface area contributed by atoms with Crippen molar-refractivity contribution in [3.8, 4) is 5.75 Å². The summed E-state index contributed by atoms with van der Waals surface area (Å²) in [5.41, 5.74) is 0.329. The van der Waals surface area contributed by atoms with Crippen LogP contribution in [0.15, 0.2) is 30.6 Å². The predicted molar refractivity (Wildman–Crippen MR) is 165 cm³/mol. The van der Waals surface area contributed by atoms with Crippen molar-refractivity contribution in [3.05, 3.63) is 47.0 Å². The van der Waals surface area contributed by atoms with Crippen LogP contribution in [0.2, 0.25) is 5.02 Å². The standard InChI is InChI=1S/C31H45ClFN5O7/c32-23-14-35-31(36-15-23)37-9-6-20(7-10-37)2-1-11-45-24-4-3-22(25(33)13-24)12-28(42)38-17-21(18-38)5-8-34-16-26(40)29(43)30(44)27(41)19-39/h3-4,13-15,20-21,26-27,29-30,34,39-41,43-44H,1-2,5-12,16-19H2. The average Bonchev–Trinajstić information content (AvgIpc) is 3.02. The normalized spacial score (nSPS) is 18.7. The monoisotopic (exact) mass is 653 g/mol. The smallest absolute Gasteiger partial charge is 0.227 e. The average molecular weight is 654 g/mol. The molecule has 2 aliphatic rings. The Balaban J connectivity index is 1.06. The van der Waals surface area contributed by atoms with Gasteiger partial charge in [-0.25, -0.2) is 14.4 Å². The van der Waals surface area contributed by atoms with Gasteiger partial charge in [-0.2, -0.15) is 0 Å². The minimum absolute atomic E-state index is 0.00781. The van der Waals surface area contributed by atoms with Crippen LogP contribution in [-0.2, 0) is 11.2 Å². The molecule has 6 N–H and O–H groups in total. The second-order valence-electron chi connectivity index (χ2n) is 12.0. The number of halogens is 2. The van der Waals surface area contributed by atoms with Crippen molar-refractivity contribution in [1.82, 2.24) is 20.2 Å². The number of amides is 1. The van der Waals surface area contributed by atoms with E-state index < -0.39 is 36.8 Å². The van der Waals surface area contributed by atoms with E-state index in [9.17, 15) is 29.6 Å². The Morgan fingerprint density at radius 2 is 1.73 bits per heavy atom. The maximum atomic E-state index is 14.8. The molecule has 2 fully saturated rings. The molecule has 1 amide bonds. The molecular formula is C31H45ClFN5O7. The highest BCUT2D eigenvalue weighted by atomic mass is 35.5. The summed E-state index contributed by atoms with van der Waals surface area (Å²) in [5.74, 6) is 1.41. The van der Waals surface area contributed by atoms with Crippen LogP contribution in [0.25, 0.3) is 0 Å². The summed E-state index contributed by atoms with van der Waals surface area (Å²) in [7, 11) is 0. The van der Waals surface area contributed by atoms with E-state index in [0.717, 1.165) is 45.2 Å². The number of benzene rings is 1. The Morgan fingerprint density at radius 3 is 2.40 bits per heavy atom. The molecule has 3 heterocycles. The second-order valence-corrected chi connectivity index (χ2v) is 12.4. The van der Waals surface area contributed by atoms with Gasteiger partial charge in [-0.15, -0.1) is 0 Å². The summed E-state index contributed by atoms with van der Waals surface area (Å²) in [6.45, 7) is 3.20. The molecule has 0 spiro atoms. The molecule has 45 heavy (non-hydrogen) atoms. The molecule has 2 saturated heterocycles. The van der Waals surface area contributed by atoms with Gasteiger partial charge in [0.05, 0.1) is 43.2 Å². The van der Waals surface area contributed by atoms with E-state index in [2.05, 4.69) is 20.2 Å². The Hall–Kier alpha value is -2.65. The third kappa shape index (κ3) is 10.4. The molecule has 4 atom stereocenters. The lowest BCUT2D eigenvalue weighted by Crippen LogP contribution is -2.52. The van der Waals surface area contributed by atoms with Crippen LogP contribution in [0.4, 0.5) is 10.3 Å². The van der Waals surface area contributed by atoms with E-state index in [0.29, 0.717) is 54.4 Å². The highest BCUT2D eigenvalue weighted by Crippen LogP contribution is 2.26. The Kier molecular flexibility index (Phi) is 13.5. The number of likely N-dealkylation sites (tertiary alicyclic amines) is 1. The van der Waals surface area contributed by atoms with Crippen molar-refractivity contribution >= 4 is 23.5 Å². The third-order valence-corrected chi connectivity index (χ3v) is 8.81. The van der Waals surface area contributed by atoms with Crippen molar-refractivity contribution in [1.29, 1.82) is 0 Å². The van der Waals surface area contributed by atoms with Crippen molar-refractivity contribution in [2.24, 2.45) is 11.8 Å². The highest BCUT2D eigenvalue weighted by molar-refractivity contribution is 6.30. The number of nitrogens with one attached hydrogen (secondary N) is 1. The van der Waals surface area contributed by atoms with Crippen LogP contribution in [-0.4, -0.2) is 123 Å². The first-order chi connectivity index (χ1) is 21.6. The van der Waals surface area contributed by atoms with Gasteiger partial charge in [0.25, 0.3) is 0 Å². The SMILES string of the molecule is O=C(Cc1ccc(OCCCC2CCN(c3ncc(Cl)cn3)CC2)cc1F)N1CC(CCNCC(O)C(O)C(O)C(O)CO)C1. The van der Waals surface area contributed by atoms with Crippen molar-refractivity contribution in [2.75, 3.05) is 57.4 Å². The zero-order valence-electron chi connectivity index (χ0n) is 25.3. The molecule has 14 heteroatoms. The van der Waals surface area contributed by atoms with E-state index >= 15 is 0 Å². The number of carbonyl (C=O) groups is 1. The minimum atomic E-state index is -1.66. The molecule has 0 bridgehead atoms. The lowest BCUT2D eigenvalue weighted by Gasteiger charge is -2.39. The van der Waals surface area contributed by atoms with Crippen LogP contribution in [0.3, 0.4) is 0 Å². The van der Waals surface area contributed by atoms with Crippen LogP contribution >= 0.6 is 11.6 Å². The number of hydrogen-bond acceptors (Lipinski definition) is 11. The van der Waals surface area contributed by atoms with E-state index in [-0.39, 0.29) is 24.8 Å². The number of nitrogens with zero attached hydrogens (tertiary/aromatic N) is 4. The van der Waals surface area contributed by atoms with Gasteiger partial charge in [0, 0.05) is 38.8 Å². The summed E-state index contributed by atoms with van der Waals surface area (Å²) in [4.78, 5) is 25.1. The zero-order valence-corrected chi connectivity index (χ0v) is 26.1. The summed E-state index contributed by atoms with van der Waals surface area (Å²) in [6.07, 6.45) is 1.82. The molecule has 1 aromatic heterocycles. The Morgan fingerprint density at radius 1 is 1.04 bits per heavy atom. The first kappa shape index (κ1) is 35.2. The number of aliphatic hydroxyl groups excluding tert-OH is 5. The largest absolute Gasteiger partial charge is 0.493 e. The van der Waals surface area contributed by atoms with Gasteiger partial charge >= 0.3 is 0 Å². The topological polar surface area (TPSA) is 172 Å². The number of anilines is 1. The van der Waals surface area contributed by atoms with E-state index in [1.807, 2.05) is 0 Å². The van der Waals surface area contributed by atoms with E-state index in [1.165, 1.54) is 6.07 Å². The molecule has 12 nitrogen and oxygen atoms in total. The van der Waals surface area contributed by atoms with Crippen molar-refractivity contribution in [3.63, 3.8) is 0 Å². The lowest BCUT2D eigenvalue weighted by molar-refractivity contribution is -0.136. The number of ether oxygens (including phenoxy) is 1. The summed E-state index contributed by atoms with van der Waals surface area (Å²) in [6, 6.07) is 4.65. The van der Waals surface area contributed by atoms with Gasteiger partial charge in [0.1, 0.15) is 29.9 Å². The van der Waals surface area contributed by atoms with Gasteiger partial charge in [-0.3, -0.25) is 4.79 Å². The van der Waals surface area contributed by atoms with Gasteiger partial charge in [-0.05, 0) is 62.1 Å². The Bertz CT molecular complexity index is 1200. The van der Waals surface area contributed by atoms with E-state index in [4.69, 9.17) is 21.4 Å². The molecule has 250 valence electrons. The van der Waals surface area contributed by atoms with Crippen molar-refractivity contribution in [2.45, 2.75) is 62.9 Å². The number of carbonyl (C=O) groups excluding carboxylic acids is 1. The maximum Gasteiger partial charge on any atom is 0.227 e. The first-order valence-corrected chi connectivity index (χ1v) is 16.0. The summed E-state index contributed by atoms with van der Waals surface area (Å²) < 4.78 is 20.5. The van der Waals surface area contributed by atoms with Crippen LogP contribution in [0.5, 0.6) is 5.75 Å². The van der Waals surface area contributed by atoms with Crippen LogP contribution < -0.4 is 15.0 Å². The molecule has 2 aromatic rings. The van der Waals surface area contributed by atoms with Gasteiger partial charge in [0.15, 0.2) is 0 Å². The number of aliphatic hydroxyl groups is 5. The zero-order chi connectivity index (χ0) is 32.3. The number of hydrogen-bond donors (Lipinski definition) is 6. The summed E-state index contributed by atoms with van der Waals surface area (Å²) in [5, 5.41) is 51.2. The molecule has 0 aliphatic carbocycles. The molecule has 4 unspecified atom stereocenters. The third-order valence-electron chi connectivity index (χ3n) is 8.61. The van der Waals surface area contributed by atoms with Gasteiger partial charge < -0.3 is 45.4 Å². The fourth-order valence-corrected chi connectivity index (χ4v) is 5.78. The molecule has 4 rings (SSSR count). The molecule has 0 saturated carbocycles. The number of piperidine rings is 1. The number of rotatable bonds is 17. The van der Waals surface area contributed by atoms with Crippen LogP contribution in [0.1, 0.15) is 37.7 Å². The van der Waals surface area contributed by atoms with Gasteiger partial charge in [0.2, 0.25) is 11.9 Å². The highest BCUT2D eigenvalue weighted by Gasteiger charge is 2.32. The fraction of sp³-hybridized carbons (Fsp3) is 0.645. The molecule has 0 radical (unpaired) electrons. The summed E-state index contributed by atoms with van der Waals surface area (Å²) >= 11 is 5.87. The first-order valence-electron chi connectivity index (χ1n) is 15.6. The van der Waals surface area contributed by atoms with Crippen molar-refractivity contribution < 1.29 is 39.5 Å². The van der Waals surface area contributed by atoms with Crippen LogP contribution in [0, 0.1) is 17.7 Å². The fourth-order valence-electron chi connectivity index (χ4n) is 5.68. The van der Waals surface area contributed by atoms with Gasteiger partial charge in [-0.1, -0.05) is 17.7 Å². The second kappa shape index (κ2) is 17.3. The Labute approximate surface area is 267 Å². The lowest BCUT2D eigenvalue weighted by atomic mass is 9.92. The predicted octanol–water partition coefficient (Wildman–Crippen LogP) is 0.761. The maximum absolute atomic E-state index is 14.8. The number of aromatic nitrogens is 2. The molecule has 2 aliphatic heterocycles. The van der Waals surface area contributed by atoms with E-state index in [1.54, 1.807) is 29.4 Å². The molecular weight excluding hydrogens is 609 g/mol. The molecule has 1 aromatic carbocycles.